The zero-order valence-electron chi connectivity index (χ0n) is 14.9. The number of carbonyl (C=O) groups is 2. The van der Waals surface area contributed by atoms with Crippen molar-refractivity contribution >= 4 is 32.4 Å². The zero-order chi connectivity index (χ0) is 19.0. The van der Waals surface area contributed by atoms with Gasteiger partial charge in [-0.15, -0.1) is 0 Å². The Bertz CT molecular complexity index is 669. The summed E-state index contributed by atoms with van der Waals surface area (Å²) in [6.07, 6.45) is 0.739. The van der Waals surface area contributed by atoms with Crippen molar-refractivity contribution in [3.8, 4) is 0 Å². The number of hydrogen-bond acceptors (Lipinski definition) is 10. The van der Waals surface area contributed by atoms with Crippen LogP contribution in [-0.2, 0) is 30.2 Å². The van der Waals surface area contributed by atoms with Gasteiger partial charge in [0.2, 0.25) is 0 Å². The average molecular weight is 465 g/mol. The first-order valence-corrected chi connectivity index (χ1v) is 9.61. The molecule has 4 atom stereocenters. The van der Waals surface area contributed by atoms with Gasteiger partial charge >= 0.3 is 103 Å². The van der Waals surface area contributed by atoms with Crippen molar-refractivity contribution in [3.05, 3.63) is 0 Å². The molecule has 2 fully saturated rings. The van der Waals surface area contributed by atoms with E-state index >= 15 is 0 Å². The number of amides is 2. The number of nitrogens with two attached hydrogens (primary N) is 2. The molecule has 0 aromatic heterocycles. The van der Waals surface area contributed by atoms with Crippen LogP contribution in [0.1, 0.15) is 26.7 Å². The van der Waals surface area contributed by atoms with Gasteiger partial charge in [-0.2, -0.15) is 0 Å². The molecule has 140 valence electrons. The molecule has 0 aliphatic carbocycles. The standard InChI is InChI=1S/2C5H10N2O4S.2K/c2*1-2-3-4(6)5(8)7(3)12(9,10)11;;/h2*3-4H,2,6H2,1H3,(H,9,10,11);;/q;;2*+1/p-2/t2*3-,4-;;/m00../s1. The molecule has 0 aromatic rings. The summed E-state index contributed by atoms with van der Waals surface area (Å²) in [5.41, 5.74) is 10.5. The third-order valence-corrected chi connectivity index (χ3v) is 5.62. The first kappa shape index (κ1) is 30.1. The maximum atomic E-state index is 10.8. The van der Waals surface area contributed by atoms with E-state index in [1.54, 1.807) is 13.8 Å². The third-order valence-electron chi connectivity index (χ3n) is 3.75. The number of nitrogens with zero attached hydrogens (tertiary/aromatic N) is 2. The van der Waals surface area contributed by atoms with E-state index in [9.17, 15) is 35.5 Å². The molecular weight excluding hydrogens is 446 g/mol. The van der Waals surface area contributed by atoms with Gasteiger partial charge < -0.3 is 20.6 Å². The van der Waals surface area contributed by atoms with Gasteiger partial charge in [-0.05, 0) is 12.8 Å². The molecule has 0 radical (unpaired) electrons. The van der Waals surface area contributed by atoms with Gasteiger partial charge in [-0.25, -0.2) is 25.4 Å². The number of carbonyl (C=O) groups excluding carboxylic acids is 2. The number of rotatable bonds is 4. The summed E-state index contributed by atoms with van der Waals surface area (Å²) in [5, 5.41) is 0. The second-order valence-corrected chi connectivity index (χ2v) is 7.68. The van der Waals surface area contributed by atoms with Crippen LogP contribution in [0.5, 0.6) is 0 Å². The van der Waals surface area contributed by atoms with Gasteiger partial charge in [0.25, 0.3) is 11.8 Å². The number of β-lactam (4-membered cyclic amide) rings is 2. The van der Waals surface area contributed by atoms with Crippen LogP contribution in [0.3, 0.4) is 0 Å². The normalized spacial score (nSPS) is 27.9. The predicted octanol–water partition coefficient (Wildman–Crippen LogP) is -9.20. The Morgan fingerprint density at radius 3 is 1.15 bits per heavy atom. The summed E-state index contributed by atoms with van der Waals surface area (Å²) in [6.45, 7) is 3.32. The van der Waals surface area contributed by atoms with E-state index in [1.807, 2.05) is 0 Å². The monoisotopic (exact) mass is 464 g/mol. The minimum absolute atomic E-state index is 0. The fraction of sp³-hybridized carbons (Fsp3) is 0.800. The molecule has 0 aromatic carbocycles. The second kappa shape index (κ2) is 11.4. The van der Waals surface area contributed by atoms with Gasteiger partial charge in [0.15, 0.2) is 20.6 Å². The molecule has 0 saturated carbocycles. The van der Waals surface area contributed by atoms with Gasteiger partial charge in [-0.1, -0.05) is 13.8 Å². The van der Waals surface area contributed by atoms with Crippen molar-refractivity contribution in [2.24, 2.45) is 11.5 Å². The van der Waals surface area contributed by atoms with Crippen LogP contribution in [0, 0.1) is 0 Å². The molecule has 2 rings (SSSR count). The summed E-state index contributed by atoms with van der Waals surface area (Å²) >= 11 is 0. The summed E-state index contributed by atoms with van der Waals surface area (Å²) in [4.78, 5) is 21.6. The average Bonchev–Trinajstić information content (AvgIpc) is 2.45. The topological polar surface area (TPSA) is 207 Å². The summed E-state index contributed by atoms with van der Waals surface area (Å²) in [5.74, 6) is -1.62. The summed E-state index contributed by atoms with van der Waals surface area (Å²) < 4.78 is 63.2. The Labute approximate surface area is 237 Å². The Morgan fingerprint density at radius 2 is 1.04 bits per heavy atom. The fourth-order valence-corrected chi connectivity index (χ4v) is 4.38. The van der Waals surface area contributed by atoms with Crippen LogP contribution in [0.25, 0.3) is 0 Å². The molecular formula is C10H18K2N4O8S2. The van der Waals surface area contributed by atoms with Crippen molar-refractivity contribution in [3.63, 3.8) is 0 Å². The van der Waals surface area contributed by atoms with E-state index in [4.69, 9.17) is 11.5 Å². The van der Waals surface area contributed by atoms with E-state index in [0.29, 0.717) is 21.5 Å². The Balaban J connectivity index is 0. The zero-order valence-corrected chi connectivity index (χ0v) is 22.7. The molecule has 2 aliphatic rings. The van der Waals surface area contributed by atoms with Crippen molar-refractivity contribution in [2.45, 2.75) is 50.9 Å². The fourth-order valence-electron chi connectivity index (χ4n) is 2.47. The second-order valence-electron chi connectivity index (χ2n) is 5.19. The van der Waals surface area contributed by atoms with Crippen molar-refractivity contribution in [1.82, 2.24) is 8.61 Å². The third kappa shape index (κ3) is 6.48. The van der Waals surface area contributed by atoms with E-state index < -0.39 is 56.6 Å². The smallest absolute Gasteiger partial charge is 0.731 e. The van der Waals surface area contributed by atoms with Crippen LogP contribution in [-0.4, -0.2) is 70.5 Å². The molecule has 0 spiro atoms. The molecule has 2 aliphatic heterocycles. The molecule has 12 nitrogen and oxygen atoms in total. The molecule has 26 heavy (non-hydrogen) atoms. The molecule has 0 unspecified atom stereocenters. The molecule has 2 amide bonds. The van der Waals surface area contributed by atoms with E-state index in [0.717, 1.165) is 0 Å². The first-order chi connectivity index (χ1) is 10.8. The maximum absolute atomic E-state index is 10.8. The van der Waals surface area contributed by atoms with Crippen LogP contribution >= 0.6 is 0 Å². The van der Waals surface area contributed by atoms with Crippen molar-refractivity contribution in [2.75, 3.05) is 0 Å². The largest absolute Gasteiger partial charge is 1.00 e. The van der Waals surface area contributed by atoms with Crippen molar-refractivity contribution < 1.29 is 138 Å². The summed E-state index contributed by atoms with van der Waals surface area (Å²) in [7, 11) is -9.31. The Hall–Kier alpha value is 1.95. The SMILES string of the molecule is CC[C@H]1[C@H](N)C(=O)N1S(=O)(=O)[O-].CC[C@H]1[C@H](N)C(=O)N1S(=O)(=O)[O-].[K+].[K+]. The minimum Gasteiger partial charge on any atom is -0.731 e. The van der Waals surface area contributed by atoms with E-state index in [-0.39, 0.29) is 103 Å². The van der Waals surface area contributed by atoms with Crippen molar-refractivity contribution in [1.29, 1.82) is 0 Å². The van der Waals surface area contributed by atoms with Gasteiger partial charge in [0.1, 0.15) is 12.1 Å². The molecule has 2 heterocycles. The molecule has 4 N–H and O–H groups in total. The maximum Gasteiger partial charge on any atom is 1.00 e. The van der Waals surface area contributed by atoms with E-state index in [1.165, 1.54) is 0 Å². The summed E-state index contributed by atoms with van der Waals surface area (Å²) in [6, 6.07) is -2.97. The van der Waals surface area contributed by atoms with Gasteiger partial charge in [0, 0.05) is 0 Å². The Kier molecular flexibility index (Phi) is 13.2. The van der Waals surface area contributed by atoms with Crippen LogP contribution < -0.4 is 114 Å². The quantitative estimate of drug-likeness (QED) is 0.228. The Morgan fingerprint density at radius 1 is 0.808 bits per heavy atom. The predicted molar refractivity (Wildman–Crippen MR) is 77.2 cm³/mol. The van der Waals surface area contributed by atoms with Crippen LogP contribution in [0.4, 0.5) is 0 Å². The van der Waals surface area contributed by atoms with Crippen LogP contribution in [0.2, 0.25) is 0 Å². The van der Waals surface area contributed by atoms with Crippen LogP contribution in [0.15, 0.2) is 0 Å². The molecule has 0 bridgehead atoms. The number of hydrogen-bond donors (Lipinski definition) is 2. The minimum atomic E-state index is -4.66. The molecule has 2 saturated heterocycles. The van der Waals surface area contributed by atoms with Gasteiger partial charge in [0.05, 0.1) is 12.1 Å². The van der Waals surface area contributed by atoms with E-state index in [2.05, 4.69) is 0 Å². The molecule has 16 heteroatoms. The first-order valence-electron chi connectivity index (χ1n) is 6.88. The van der Waals surface area contributed by atoms with Gasteiger partial charge in [-0.3, -0.25) is 9.59 Å².